The van der Waals surface area contributed by atoms with Crippen molar-refractivity contribution in [2.24, 2.45) is 0 Å². The molecule has 17 heavy (non-hydrogen) atoms. The Hall–Kier alpha value is -1.31. The van der Waals surface area contributed by atoms with Gasteiger partial charge in [0.15, 0.2) is 10.0 Å². The molecule has 90 valence electrons. The number of carbonyl (C=O) groups excluding carboxylic acids is 1. The zero-order valence-electron chi connectivity index (χ0n) is 8.92. The van der Waals surface area contributed by atoms with Gasteiger partial charge in [0.25, 0.3) is 5.91 Å². The lowest BCUT2D eigenvalue weighted by atomic mass is 10.4. The number of aliphatic hydroxyl groups excluding tert-OH is 1. The molecule has 0 aromatic carbocycles. The standard InChI is InChI=1S/C10H11N3O2S2/c14-4-1-2-11-8(15)7-6-17-10(13-7)9-12-3-5-16-9/h3,5-6,14H,1-2,4H2,(H,11,15). The van der Waals surface area contributed by atoms with Crippen LogP contribution in [0, 0.1) is 0 Å². The third-order valence-corrected chi connectivity index (χ3v) is 3.73. The van der Waals surface area contributed by atoms with Gasteiger partial charge in [-0.1, -0.05) is 0 Å². The van der Waals surface area contributed by atoms with Gasteiger partial charge in [0.1, 0.15) is 5.69 Å². The van der Waals surface area contributed by atoms with E-state index in [0.717, 1.165) is 10.0 Å². The minimum absolute atomic E-state index is 0.0711. The molecule has 2 aromatic rings. The van der Waals surface area contributed by atoms with Gasteiger partial charge in [0.05, 0.1) is 0 Å². The van der Waals surface area contributed by atoms with Crippen LogP contribution < -0.4 is 5.32 Å². The van der Waals surface area contributed by atoms with Crippen LogP contribution in [0.2, 0.25) is 0 Å². The Morgan fingerprint density at radius 1 is 1.41 bits per heavy atom. The smallest absolute Gasteiger partial charge is 0.270 e. The minimum Gasteiger partial charge on any atom is -0.396 e. The minimum atomic E-state index is -0.211. The van der Waals surface area contributed by atoms with Crippen LogP contribution in [0.5, 0.6) is 0 Å². The fourth-order valence-electron chi connectivity index (χ4n) is 1.18. The van der Waals surface area contributed by atoms with Crippen molar-refractivity contribution in [2.75, 3.05) is 13.2 Å². The van der Waals surface area contributed by atoms with Gasteiger partial charge in [0.2, 0.25) is 0 Å². The van der Waals surface area contributed by atoms with E-state index in [4.69, 9.17) is 5.11 Å². The van der Waals surface area contributed by atoms with E-state index in [2.05, 4.69) is 15.3 Å². The van der Waals surface area contributed by atoms with Gasteiger partial charge >= 0.3 is 0 Å². The Morgan fingerprint density at radius 3 is 3.00 bits per heavy atom. The monoisotopic (exact) mass is 269 g/mol. The summed E-state index contributed by atoms with van der Waals surface area (Å²) in [5.74, 6) is -0.211. The fraction of sp³-hybridized carbons (Fsp3) is 0.300. The first kappa shape index (κ1) is 12.2. The highest BCUT2D eigenvalue weighted by molar-refractivity contribution is 7.19. The van der Waals surface area contributed by atoms with Gasteiger partial charge in [-0.15, -0.1) is 22.7 Å². The number of hydrogen-bond donors (Lipinski definition) is 2. The normalized spacial score (nSPS) is 10.4. The first-order valence-corrected chi connectivity index (χ1v) is 6.81. The molecule has 0 aliphatic carbocycles. The average Bonchev–Trinajstić information content (AvgIpc) is 3.00. The van der Waals surface area contributed by atoms with Crippen molar-refractivity contribution in [1.29, 1.82) is 0 Å². The number of hydrogen-bond acceptors (Lipinski definition) is 6. The van der Waals surface area contributed by atoms with Gasteiger partial charge in [0, 0.05) is 30.1 Å². The first-order valence-electron chi connectivity index (χ1n) is 5.05. The Kier molecular flexibility index (Phi) is 4.18. The molecule has 0 fully saturated rings. The number of amides is 1. The molecule has 0 saturated heterocycles. The Balaban J connectivity index is 2.01. The number of thiazole rings is 2. The summed E-state index contributed by atoms with van der Waals surface area (Å²) < 4.78 is 0. The second-order valence-electron chi connectivity index (χ2n) is 3.21. The molecule has 1 amide bonds. The predicted molar refractivity (Wildman–Crippen MR) is 67.3 cm³/mol. The molecule has 0 aliphatic heterocycles. The molecule has 0 atom stereocenters. The van der Waals surface area contributed by atoms with E-state index in [-0.39, 0.29) is 12.5 Å². The second-order valence-corrected chi connectivity index (χ2v) is 4.96. The Labute approximate surface area is 106 Å². The van der Waals surface area contributed by atoms with Gasteiger partial charge in [-0.2, -0.15) is 0 Å². The zero-order valence-corrected chi connectivity index (χ0v) is 10.6. The topological polar surface area (TPSA) is 75.1 Å². The molecule has 2 aromatic heterocycles. The molecule has 7 heteroatoms. The van der Waals surface area contributed by atoms with E-state index < -0.39 is 0 Å². The maximum absolute atomic E-state index is 11.6. The quantitative estimate of drug-likeness (QED) is 0.804. The van der Waals surface area contributed by atoms with Crippen LogP contribution in [-0.4, -0.2) is 34.1 Å². The number of nitrogens with zero attached hydrogens (tertiary/aromatic N) is 2. The highest BCUT2D eigenvalue weighted by atomic mass is 32.1. The van der Waals surface area contributed by atoms with Crippen molar-refractivity contribution in [2.45, 2.75) is 6.42 Å². The van der Waals surface area contributed by atoms with Crippen LogP contribution in [0.1, 0.15) is 16.9 Å². The molecular weight excluding hydrogens is 258 g/mol. The average molecular weight is 269 g/mol. The van der Waals surface area contributed by atoms with Gasteiger partial charge < -0.3 is 10.4 Å². The number of rotatable bonds is 5. The maximum Gasteiger partial charge on any atom is 0.270 e. The highest BCUT2D eigenvalue weighted by Crippen LogP contribution is 2.25. The summed E-state index contributed by atoms with van der Waals surface area (Å²) in [6, 6.07) is 0. The summed E-state index contributed by atoms with van der Waals surface area (Å²) in [4.78, 5) is 20.0. The first-order chi connectivity index (χ1) is 8.31. The number of aromatic nitrogens is 2. The van der Waals surface area contributed by atoms with E-state index in [1.165, 1.54) is 22.7 Å². The Bertz CT molecular complexity index is 481. The largest absolute Gasteiger partial charge is 0.396 e. The van der Waals surface area contributed by atoms with Crippen molar-refractivity contribution >= 4 is 28.6 Å². The van der Waals surface area contributed by atoms with E-state index in [9.17, 15) is 4.79 Å². The number of carbonyl (C=O) groups is 1. The maximum atomic E-state index is 11.6. The van der Waals surface area contributed by atoms with Crippen molar-refractivity contribution < 1.29 is 9.90 Å². The molecule has 2 rings (SSSR count). The van der Waals surface area contributed by atoms with Crippen molar-refractivity contribution in [3.63, 3.8) is 0 Å². The van der Waals surface area contributed by atoms with Crippen LogP contribution in [0.4, 0.5) is 0 Å². The molecule has 0 saturated carbocycles. The fourth-order valence-corrected chi connectivity index (χ4v) is 2.67. The SMILES string of the molecule is O=C(NCCCO)c1csc(-c2nccs2)n1. The van der Waals surface area contributed by atoms with Gasteiger partial charge in [-0.25, -0.2) is 9.97 Å². The van der Waals surface area contributed by atoms with Crippen molar-refractivity contribution in [1.82, 2.24) is 15.3 Å². The Morgan fingerprint density at radius 2 is 2.29 bits per heavy atom. The van der Waals surface area contributed by atoms with Crippen LogP contribution in [0.25, 0.3) is 10.0 Å². The van der Waals surface area contributed by atoms with E-state index in [1.807, 2.05) is 5.38 Å². The van der Waals surface area contributed by atoms with Crippen LogP contribution in [0.3, 0.4) is 0 Å². The molecule has 2 N–H and O–H groups in total. The van der Waals surface area contributed by atoms with Crippen molar-refractivity contribution in [3.8, 4) is 10.0 Å². The summed E-state index contributed by atoms with van der Waals surface area (Å²) in [6.07, 6.45) is 2.26. The third kappa shape index (κ3) is 3.09. The summed E-state index contributed by atoms with van der Waals surface area (Å²) in [5, 5.41) is 16.5. The summed E-state index contributed by atoms with van der Waals surface area (Å²) in [5.41, 5.74) is 0.401. The lowest BCUT2D eigenvalue weighted by Crippen LogP contribution is -2.25. The van der Waals surface area contributed by atoms with Crippen LogP contribution in [0.15, 0.2) is 17.0 Å². The molecular formula is C10H11N3O2S2. The van der Waals surface area contributed by atoms with E-state index >= 15 is 0 Å². The lowest BCUT2D eigenvalue weighted by molar-refractivity contribution is 0.0947. The molecule has 0 spiro atoms. The molecule has 0 unspecified atom stereocenters. The van der Waals surface area contributed by atoms with Gasteiger partial charge in [-0.3, -0.25) is 4.79 Å². The molecule has 0 radical (unpaired) electrons. The van der Waals surface area contributed by atoms with Crippen LogP contribution in [-0.2, 0) is 0 Å². The lowest BCUT2D eigenvalue weighted by Gasteiger charge is -1.99. The zero-order chi connectivity index (χ0) is 12.1. The van der Waals surface area contributed by atoms with Crippen LogP contribution >= 0.6 is 22.7 Å². The summed E-state index contributed by atoms with van der Waals surface area (Å²) >= 11 is 2.90. The second kappa shape index (κ2) is 5.85. The van der Waals surface area contributed by atoms with Gasteiger partial charge in [-0.05, 0) is 6.42 Å². The predicted octanol–water partition coefficient (Wildman–Crippen LogP) is 1.38. The molecule has 0 bridgehead atoms. The molecule has 0 aliphatic rings. The highest BCUT2D eigenvalue weighted by Gasteiger charge is 2.12. The third-order valence-electron chi connectivity index (χ3n) is 1.97. The van der Waals surface area contributed by atoms with E-state index in [1.54, 1.807) is 11.6 Å². The van der Waals surface area contributed by atoms with E-state index in [0.29, 0.717) is 18.7 Å². The summed E-state index contributed by atoms with van der Waals surface area (Å²) in [6.45, 7) is 0.529. The molecule has 2 heterocycles. The molecule has 5 nitrogen and oxygen atoms in total. The number of nitrogens with one attached hydrogen (secondary N) is 1. The van der Waals surface area contributed by atoms with Crippen molar-refractivity contribution in [3.05, 3.63) is 22.7 Å². The summed E-state index contributed by atoms with van der Waals surface area (Å²) in [7, 11) is 0. The number of aliphatic hydroxyl groups is 1.